The van der Waals surface area contributed by atoms with Gasteiger partial charge in [0.25, 0.3) is 0 Å². The topological polar surface area (TPSA) is 55.3 Å². The van der Waals surface area contributed by atoms with Crippen molar-refractivity contribution >= 4 is 11.4 Å². The third-order valence-electron chi connectivity index (χ3n) is 7.63. The molecule has 1 saturated carbocycles. The average Bonchev–Trinajstić information content (AvgIpc) is 3.29. The minimum Gasteiger partial charge on any atom is -0.379 e. The van der Waals surface area contributed by atoms with Crippen LogP contribution in [0.4, 0.5) is 0 Å². The number of aromatic nitrogens is 2. The van der Waals surface area contributed by atoms with Crippen molar-refractivity contribution in [2.75, 3.05) is 26.3 Å². The Labute approximate surface area is 173 Å². The molecule has 5 heteroatoms. The summed E-state index contributed by atoms with van der Waals surface area (Å²) in [7, 11) is 0. The maximum Gasteiger partial charge on any atom is 0.130 e. The smallest absolute Gasteiger partial charge is 0.130 e. The van der Waals surface area contributed by atoms with Gasteiger partial charge in [0, 0.05) is 37.5 Å². The van der Waals surface area contributed by atoms with Crippen molar-refractivity contribution in [3.05, 3.63) is 28.9 Å². The molecule has 1 aromatic heterocycles. The van der Waals surface area contributed by atoms with Crippen LogP contribution in [0.3, 0.4) is 0 Å². The second-order valence-corrected chi connectivity index (χ2v) is 9.50. The van der Waals surface area contributed by atoms with E-state index in [-0.39, 0.29) is 0 Å². The first-order valence-electron chi connectivity index (χ1n) is 11.5. The molecule has 0 spiro atoms. The van der Waals surface area contributed by atoms with Gasteiger partial charge in [0.15, 0.2) is 0 Å². The fourth-order valence-corrected chi connectivity index (χ4v) is 6.23. The molecule has 0 radical (unpaired) electrons. The zero-order chi connectivity index (χ0) is 19.8. The van der Waals surface area contributed by atoms with Crippen LogP contribution in [0.2, 0.25) is 0 Å². The number of allylic oxidation sites excluding steroid dienone is 2. The molecular weight excluding hydrogens is 362 g/mol. The van der Waals surface area contributed by atoms with Gasteiger partial charge in [0.1, 0.15) is 12.1 Å². The number of hydrogen-bond acceptors (Lipinski definition) is 5. The number of carbonyl (C=O) groups is 1. The maximum absolute atomic E-state index is 11.8. The van der Waals surface area contributed by atoms with Gasteiger partial charge in [-0.2, -0.15) is 0 Å². The predicted octanol–water partition coefficient (Wildman–Crippen LogP) is 3.61. The highest BCUT2D eigenvalue weighted by molar-refractivity contribution is 5.84. The lowest BCUT2D eigenvalue weighted by Crippen LogP contribution is -2.45. The lowest BCUT2D eigenvalue weighted by Gasteiger charge is -2.38. The Bertz CT molecular complexity index is 804. The van der Waals surface area contributed by atoms with Crippen molar-refractivity contribution in [3.63, 3.8) is 0 Å². The zero-order valence-electron chi connectivity index (χ0n) is 17.7. The van der Waals surface area contributed by atoms with Crippen molar-refractivity contribution < 1.29 is 9.53 Å². The van der Waals surface area contributed by atoms with E-state index in [2.05, 4.69) is 9.88 Å². The Kier molecular flexibility index (Phi) is 5.53. The molecule has 156 valence electrons. The third kappa shape index (κ3) is 3.91. The molecule has 29 heavy (non-hydrogen) atoms. The molecule has 2 fully saturated rings. The van der Waals surface area contributed by atoms with E-state index in [1.807, 2.05) is 0 Å². The Balaban J connectivity index is 1.28. The minimum absolute atomic E-state index is 0.303. The fourth-order valence-electron chi connectivity index (χ4n) is 6.23. The first-order valence-corrected chi connectivity index (χ1v) is 11.5. The third-order valence-corrected chi connectivity index (χ3v) is 7.63. The highest BCUT2D eigenvalue weighted by Gasteiger charge is 2.36. The minimum atomic E-state index is 0.303. The van der Waals surface area contributed by atoms with E-state index in [1.54, 1.807) is 13.3 Å². The summed E-state index contributed by atoms with van der Waals surface area (Å²) < 4.78 is 5.52. The van der Waals surface area contributed by atoms with Gasteiger partial charge >= 0.3 is 0 Å². The van der Waals surface area contributed by atoms with E-state index in [9.17, 15) is 4.79 Å². The number of ketones is 1. The number of ether oxygens (including phenoxy) is 1. The Morgan fingerprint density at radius 2 is 1.93 bits per heavy atom. The number of rotatable bonds is 5. The summed E-state index contributed by atoms with van der Waals surface area (Å²) in [5.41, 5.74) is 6.79. The Morgan fingerprint density at radius 1 is 1.14 bits per heavy atom. The summed E-state index contributed by atoms with van der Waals surface area (Å²) in [4.78, 5) is 23.8. The molecule has 4 aliphatic rings. The summed E-state index contributed by atoms with van der Waals surface area (Å²) in [6, 6.07) is 0.746. The zero-order valence-corrected chi connectivity index (χ0v) is 17.7. The van der Waals surface area contributed by atoms with Crippen LogP contribution in [-0.4, -0.2) is 53.0 Å². The number of morpholine rings is 1. The summed E-state index contributed by atoms with van der Waals surface area (Å²) in [5.74, 6) is 1.42. The van der Waals surface area contributed by atoms with Crippen LogP contribution in [-0.2, 0) is 22.4 Å². The van der Waals surface area contributed by atoms with Crippen LogP contribution in [0.15, 0.2) is 11.9 Å². The molecular formula is C24H33N3O2. The fraction of sp³-hybridized carbons (Fsp3) is 0.708. The number of nitrogens with zero attached hydrogens (tertiary/aromatic N) is 3. The highest BCUT2D eigenvalue weighted by Crippen LogP contribution is 2.48. The molecule has 5 nitrogen and oxygen atoms in total. The molecule has 0 amide bonds. The van der Waals surface area contributed by atoms with Crippen molar-refractivity contribution in [3.8, 4) is 0 Å². The molecule has 0 bridgehead atoms. The van der Waals surface area contributed by atoms with Crippen molar-refractivity contribution in [1.82, 2.24) is 14.9 Å². The van der Waals surface area contributed by atoms with Gasteiger partial charge in [-0.1, -0.05) is 5.57 Å². The van der Waals surface area contributed by atoms with Crippen LogP contribution in [0.25, 0.3) is 5.57 Å². The van der Waals surface area contributed by atoms with Crippen LogP contribution in [0, 0.1) is 11.8 Å². The van der Waals surface area contributed by atoms with Crippen molar-refractivity contribution in [2.45, 2.75) is 70.8 Å². The summed E-state index contributed by atoms with van der Waals surface area (Å²) in [6.07, 6.45) is 12.0. The van der Waals surface area contributed by atoms with Gasteiger partial charge < -0.3 is 9.53 Å². The molecule has 5 rings (SSSR count). The summed E-state index contributed by atoms with van der Waals surface area (Å²) >= 11 is 0. The number of Topliss-reactive ketones (excluding diaryl/α,β-unsaturated/α-hetero) is 1. The quantitative estimate of drug-likeness (QED) is 0.762. The molecule has 3 aliphatic carbocycles. The molecule has 2 heterocycles. The molecule has 1 saturated heterocycles. The first kappa shape index (κ1) is 19.4. The molecule has 0 N–H and O–H groups in total. The van der Waals surface area contributed by atoms with Gasteiger partial charge in [-0.25, -0.2) is 9.97 Å². The van der Waals surface area contributed by atoms with Crippen LogP contribution >= 0.6 is 0 Å². The SMILES string of the molecule is CC(=O)C[C@H]1CCC2=C1c1c(ncnc1CC1CCC(N3CCOCC3)CC1)C2. The number of hydrogen-bond donors (Lipinski definition) is 0. The highest BCUT2D eigenvalue weighted by atomic mass is 16.5. The standard InChI is InChI=1S/C24H33N3O2/c1-16(28)12-18-4-5-19-14-22-24(23(18)19)21(25-15-26-22)13-17-2-6-20(7-3-17)27-8-10-29-11-9-27/h15,17-18,20H,2-14H2,1H3/t17?,18-,20?/m1/s1. The second kappa shape index (κ2) is 8.27. The molecule has 1 aliphatic heterocycles. The van der Waals surface area contributed by atoms with Crippen LogP contribution < -0.4 is 0 Å². The number of carbonyl (C=O) groups excluding carboxylic acids is 1. The van der Waals surface area contributed by atoms with Gasteiger partial charge in [-0.3, -0.25) is 4.90 Å². The van der Waals surface area contributed by atoms with Crippen LogP contribution in [0.1, 0.15) is 68.8 Å². The van der Waals surface area contributed by atoms with E-state index >= 15 is 0 Å². The Hall–Kier alpha value is -1.59. The monoisotopic (exact) mass is 395 g/mol. The molecule has 1 atom stereocenters. The van der Waals surface area contributed by atoms with Gasteiger partial charge in [0.2, 0.25) is 0 Å². The maximum atomic E-state index is 11.8. The largest absolute Gasteiger partial charge is 0.379 e. The Morgan fingerprint density at radius 3 is 2.69 bits per heavy atom. The van der Waals surface area contributed by atoms with Crippen LogP contribution in [0.5, 0.6) is 0 Å². The van der Waals surface area contributed by atoms with Gasteiger partial charge in [-0.05, 0) is 69.3 Å². The van der Waals surface area contributed by atoms with Crippen molar-refractivity contribution in [1.29, 1.82) is 0 Å². The van der Waals surface area contributed by atoms with Gasteiger partial charge in [-0.15, -0.1) is 0 Å². The number of fused-ring (bicyclic) bond motifs is 2. The predicted molar refractivity (Wildman–Crippen MR) is 113 cm³/mol. The molecule has 0 unspecified atom stereocenters. The first-order chi connectivity index (χ1) is 14.2. The van der Waals surface area contributed by atoms with E-state index in [1.165, 1.54) is 53.8 Å². The lowest BCUT2D eigenvalue weighted by atomic mass is 9.81. The average molecular weight is 396 g/mol. The van der Waals surface area contributed by atoms with E-state index in [0.29, 0.717) is 18.1 Å². The normalized spacial score (nSPS) is 29.8. The van der Waals surface area contributed by atoms with E-state index in [0.717, 1.165) is 63.9 Å². The summed E-state index contributed by atoms with van der Waals surface area (Å²) in [6.45, 7) is 5.72. The van der Waals surface area contributed by atoms with E-state index in [4.69, 9.17) is 9.72 Å². The lowest BCUT2D eigenvalue weighted by molar-refractivity contribution is -0.117. The van der Waals surface area contributed by atoms with E-state index < -0.39 is 0 Å². The molecule has 0 aromatic carbocycles. The second-order valence-electron chi connectivity index (χ2n) is 9.50. The van der Waals surface area contributed by atoms with Crippen molar-refractivity contribution in [2.24, 2.45) is 11.8 Å². The summed E-state index contributed by atoms with van der Waals surface area (Å²) in [5, 5.41) is 0. The van der Waals surface area contributed by atoms with Gasteiger partial charge in [0.05, 0.1) is 24.6 Å². The molecule has 1 aromatic rings.